The lowest BCUT2D eigenvalue weighted by molar-refractivity contribution is 0.669. The molecule has 14 rings (SSSR count). The fourth-order valence-electron chi connectivity index (χ4n) is 10.4. The van der Waals surface area contributed by atoms with E-state index >= 15 is 0 Å². The first-order valence-corrected chi connectivity index (χ1v) is 23.0. The van der Waals surface area contributed by atoms with Gasteiger partial charge in [0.05, 0.1) is 11.0 Å². The average Bonchev–Trinajstić information content (AvgIpc) is 3.95. The van der Waals surface area contributed by atoms with Crippen LogP contribution >= 0.6 is 0 Å². The zero-order valence-corrected chi connectivity index (χ0v) is 36.6. The number of fused-ring (bicyclic) bond motifs is 12. The molecule has 5 nitrogen and oxygen atoms in total. The van der Waals surface area contributed by atoms with E-state index in [9.17, 15) is 0 Å². The van der Waals surface area contributed by atoms with Crippen LogP contribution in [0, 0.1) is 0 Å². The van der Waals surface area contributed by atoms with Crippen LogP contribution in [-0.2, 0) is 0 Å². The lowest BCUT2D eigenvalue weighted by Gasteiger charge is -2.12. The first-order valence-electron chi connectivity index (χ1n) is 23.0. The van der Waals surface area contributed by atoms with Crippen molar-refractivity contribution < 1.29 is 4.42 Å². The smallest absolute Gasteiger partial charge is 0.164 e. The van der Waals surface area contributed by atoms with Crippen molar-refractivity contribution in [1.82, 2.24) is 19.5 Å². The fourth-order valence-corrected chi connectivity index (χ4v) is 10.4. The third kappa shape index (κ3) is 6.14. The molecule has 0 radical (unpaired) electrons. The zero-order chi connectivity index (χ0) is 44.7. The molecule has 5 heteroatoms. The molecule has 0 aliphatic carbocycles. The second kappa shape index (κ2) is 15.2. The largest absolute Gasteiger partial charge is 0.456 e. The predicted molar refractivity (Wildman–Crippen MR) is 281 cm³/mol. The lowest BCUT2D eigenvalue weighted by Crippen LogP contribution is -2.00. The SMILES string of the molecule is c1ccc(-c2nc(-c3ccccc3)nc(-c3ccc4c(c3)oc3ccc(-c5ccc6c(c5)c5ccc(-c7ccc8c9ccccc9c9ccccc9c8c7)cc5n6-c5ccccc5)cc34)n2)cc1. The molecule has 3 aromatic heterocycles. The number of rotatable bonds is 6. The molecule has 68 heavy (non-hydrogen) atoms. The summed E-state index contributed by atoms with van der Waals surface area (Å²) in [5.41, 5.74) is 12.4. The van der Waals surface area contributed by atoms with Crippen LogP contribution < -0.4 is 0 Å². The highest BCUT2D eigenvalue weighted by molar-refractivity contribution is 6.26. The highest BCUT2D eigenvalue weighted by Gasteiger charge is 2.18. The summed E-state index contributed by atoms with van der Waals surface area (Å²) in [7, 11) is 0. The van der Waals surface area contributed by atoms with Gasteiger partial charge in [0, 0.05) is 43.9 Å². The van der Waals surface area contributed by atoms with Crippen LogP contribution in [0.5, 0.6) is 0 Å². The highest BCUT2D eigenvalue weighted by Crippen LogP contribution is 2.41. The van der Waals surface area contributed by atoms with Crippen molar-refractivity contribution >= 4 is 76.1 Å². The van der Waals surface area contributed by atoms with Crippen LogP contribution in [-0.4, -0.2) is 19.5 Å². The summed E-state index contributed by atoms with van der Waals surface area (Å²) in [5.74, 6) is 1.84. The predicted octanol–water partition coefficient (Wildman–Crippen LogP) is 16.7. The Kier molecular flexibility index (Phi) is 8.52. The Morgan fingerprint density at radius 3 is 1.32 bits per heavy atom. The Labute approximate surface area is 390 Å². The van der Waals surface area contributed by atoms with Crippen molar-refractivity contribution in [2.75, 3.05) is 0 Å². The van der Waals surface area contributed by atoms with E-state index in [4.69, 9.17) is 19.4 Å². The highest BCUT2D eigenvalue weighted by atomic mass is 16.3. The third-order valence-corrected chi connectivity index (χ3v) is 13.6. The van der Waals surface area contributed by atoms with Gasteiger partial charge in [0.1, 0.15) is 11.2 Å². The summed E-state index contributed by atoms with van der Waals surface area (Å²) in [4.78, 5) is 14.8. The van der Waals surface area contributed by atoms with Crippen molar-refractivity contribution in [3.8, 4) is 62.1 Å². The molecule has 0 amide bonds. The fraction of sp³-hybridized carbons (Fsp3) is 0. The third-order valence-electron chi connectivity index (χ3n) is 13.6. The Morgan fingerprint density at radius 2 is 0.691 bits per heavy atom. The van der Waals surface area contributed by atoms with Gasteiger partial charge in [-0.3, -0.25) is 0 Å². The van der Waals surface area contributed by atoms with E-state index in [2.05, 4.69) is 174 Å². The standard InChI is InChI=1S/C63H38N4O/c1-4-14-39(15-5-1)61-64-62(40-16-6-2-7-17-40)66-63(65-61)45-26-31-53-56-36-43(28-33-59(56)68-60(53)38-45)42-27-32-57-55(35-42)52-30-25-44(37-58(52)67(57)46-18-8-3-9-19-46)41-24-29-51-49-22-11-10-20-47(49)48-21-12-13-23-50(48)54(51)34-41/h1-38H. The first-order chi connectivity index (χ1) is 33.7. The minimum atomic E-state index is 0.593. The van der Waals surface area contributed by atoms with Crippen LogP contribution in [0.2, 0.25) is 0 Å². The van der Waals surface area contributed by atoms with E-state index < -0.39 is 0 Å². The Morgan fingerprint density at radius 1 is 0.250 bits per heavy atom. The van der Waals surface area contributed by atoms with Crippen molar-refractivity contribution in [2.45, 2.75) is 0 Å². The number of hydrogen-bond acceptors (Lipinski definition) is 4. The number of aromatic nitrogens is 4. The monoisotopic (exact) mass is 866 g/mol. The number of nitrogens with zero attached hydrogens (tertiary/aromatic N) is 4. The molecule has 0 atom stereocenters. The molecule has 0 bridgehead atoms. The van der Waals surface area contributed by atoms with Crippen LogP contribution in [0.3, 0.4) is 0 Å². The molecule has 0 saturated carbocycles. The van der Waals surface area contributed by atoms with Crippen LogP contribution in [0.1, 0.15) is 0 Å². The van der Waals surface area contributed by atoms with E-state index in [0.29, 0.717) is 17.5 Å². The summed E-state index contributed by atoms with van der Waals surface area (Å²) in [6.45, 7) is 0. The van der Waals surface area contributed by atoms with Gasteiger partial charge in [0.2, 0.25) is 0 Å². The summed E-state index contributed by atoms with van der Waals surface area (Å²) >= 11 is 0. The molecular formula is C63H38N4O. The lowest BCUT2D eigenvalue weighted by atomic mass is 9.92. The number of para-hydroxylation sites is 1. The maximum absolute atomic E-state index is 6.55. The first kappa shape index (κ1) is 38.1. The van der Waals surface area contributed by atoms with Gasteiger partial charge in [0.15, 0.2) is 17.5 Å². The van der Waals surface area contributed by atoms with E-state index in [1.807, 2.05) is 60.7 Å². The van der Waals surface area contributed by atoms with Gasteiger partial charge >= 0.3 is 0 Å². The molecule has 0 spiro atoms. The van der Waals surface area contributed by atoms with E-state index in [0.717, 1.165) is 61.0 Å². The maximum Gasteiger partial charge on any atom is 0.164 e. The van der Waals surface area contributed by atoms with Crippen molar-refractivity contribution in [3.63, 3.8) is 0 Å². The van der Waals surface area contributed by atoms with Gasteiger partial charge in [-0.05, 0) is 115 Å². The summed E-state index contributed by atoms with van der Waals surface area (Å²) in [6, 6.07) is 81.9. The summed E-state index contributed by atoms with van der Waals surface area (Å²) in [5, 5.41) is 12.2. The minimum absolute atomic E-state index is 0.593. The number of benzene rings is 11. The van der Waals surface area contributed by atoms with E-state index in [1.54, 1.807) is 0 Å². The molecule has 3 heterocycles. The second-order valence-corrected chi connectivity index (χ2v) is 17.5. The van der Waals surface area contributed by atoms with Crippen LogP contribution in [0.25, 0.3) is 138 Å². The Hall–Kier alpha value is -9.19. The molecule has 11 aromatic carbocycles. The summed E-state index contributed by atoms with van der Waals surface area (Å²) < 4.78 is 8.96. The Balaban J connectivity index is 0.873. The quantitative estimate of drug-likeness (QED) is 0.156. The molecule has 316 valence electrons. The number of hydrogen-bond donors (Lipinski definition) is 0. The molecule has 0 aliphatic rings. The maximum atomic E-state index is 6.55. The molecular weight excluding hydrogens is 829 g/mol. The van der Waals surface area contributed by atoms with Gasteiger partial charge in [-0.1, -0.05) is 170 Å². The molecule has 0 aliphatic heterocycles. The molecule has 14 aromatic rings. The van der Waals surface area contributed by atoms with Gasteiger partial charge in [-0.15, -0.1) is 0 Å². The van der Waals surface area contributed by atoms with Gasteiger partial charge in [0.25, 0.3) is 0 Å². The van der Waals surface area contributed by atoms with Gasteiger partial charge in [-0.2, -0.15) is 0 Å². The van der Waals surface area contributed by atoms with Crippen LogP contribution in [0.15, 0.2) is 235 Å². The van der Waals surface area contributed by atoms with Crippen molar-refractivity contribution in [1.29, 1.82) is 0 Å². The van der Waals surface area contributed by atoms with E-state index in [-0.39, 0.29) is 0 Å². The number of furan rings is 1. The second-order valence-electron chi connectivity index (χ2n) is 17.5. The van der Waals surface area contributed by atoms with Gasteiger partial charge in [-0.25, -0.2) is 15.0 Å². The molecule has 0 unspecified atom stereocenters. The van der Waals surface area contributed by atoms with Gasteiger partial charge < -0.3 is 8.98 Å². The molecule has 0 saturated heterocycles. The minimum Gasteiger partial charge on any atom is -0.456 e. The van der Waals surface area contributed by atoms with Crippen molar-refractivity contribution in [3.05, 3.63) is 231 Å². The summed E-state index contributed by atoms with van der Waals surface area (Å²) in [6.07, 6.45) is 0. The topological polar surface area (TPSA) is 56.7 Å². The zero-order valence-electron chi connectivity index (χ0n) is 36.6. The average molecular weight is 867 g/mol. The normalized spacial score (nSPS) is 11.8. The molecule has 0 fully saturated rings. The Bertz CT molecular complexity index is 4210. The van der Waals surface area contributed by atoms with E-state index in [1.165, 1.54) is 59.7 Å². The molecule has 0 N–H and O–H groups in total. The van der Waals surface area contributed by atoms with Crippen LogP contribution in [0.4, 0.5) is 0 Å². The van der Waals surface area contributed by atoms with Crippen molar-refractivity contribution in [2.24, 2.45) is 0 Å².